The summed E-state index contributed by atoms with van der Waals surface area (Å²) in [7, 11) is -3.68. The summed E-state index contributed by atoms with van der Waals surface area (Å²) in [5, 5.41) is 5.39. The molecule has 0 radical (unpaired) electrons. The first-order chi connectivity index (χ1) is 14.4. The molecule has 2 aromatic carbocycles. The third kappa shape index (κ3) is 5.88. The zero-order chi connectivity index (χ0) is 21.6. The third-order valence-electron chi connectivity index (χ3n) is 4.47. The molecule has 0 atom stereocenters. The Hall–Kier alpha value is -2.27. The number of nitrogens with zero attached hydrogens (tertiary/aromatic N) is 1. The molecule has 1 saturated heterocycles. The zero-order valence-corrected chi connectivity index (χ0v) is 18.5. The van der Waals surface area contributed by atoms with E-state index in [1.54, 1.807) is 12.1 Å². The van der Waals surface area contributed by atoms with Gasteiger partial charge in [-0.1, -0.05) is 22.0 Å². The molecule has 8 nitrogen and oxygen atoms in total. The summed E-state index contributed by atoms with van der Waals surface area (Å²) in [6.07, 6.45) is 0.0908. The van der Waals surface area contributed by atoms with Crippen LogP contribution < -0.4 is 10.6 Å². The van der Waals surface area contributed by atoms with E-state index in [1.807, 2.05) is 12.1 Å². The second kappa shape index (κ2) is 10.2. The van der Waals surface area contributed by atoms with Gasteiger partial charge in [-0.15, -0.1) is 0 Å². The number of hydrogen-bond donors (Lipinski definition) is 2. The van der Waals surface area contributed by atoms with E-state index in [0.29, 0.717) is 18.9 Å². The molecule has 2 aromatic rings. The fraction of sp³-hybridized carbons (Fsp3) is 0.300. The molecule has 1 aliphatic rings. The third-order valence-corrected chi connectivity index (χ3v) is 6.89. The lowest BCUT2D eigenvalue weighted by Crippen LogP contribution is -2.40. The summed E-state index contributed by atoms with van der Waals surface area (Å²) in [5.74, 6) is -0.674. The molecular formula is C20H22BrN3O5S. The maximum absolute atomic E-state index is 12.7. The number of carbonyl (C=O) groups excluding carboxylic acids is 2. The van der Waals surface area contributed by atoms with Gasteiger partial charge in [-0.05, 0) is 42.5 Å². The monoisotopic (exact) mass is 495 g/mol. The minimum atomic E-state index is -3.68. The first-order valence-electron chi connectivity index (χ1n) is 9.38. The largest absolute Gasteiger partial charge is 0.379 e. The summed E-state index contributed by atoms with van der Waals surface area (Å²) in [6.45, 7) is 1.39. The Bertz CT molecular complexity index is 1010. The second-order valence-corrected chi connectivity index (χ2v) is 9.46. The van der Waals surface area contributed by atoms with E-state index in [9.17, 15) is 18.0 Å². The van der Waals surface area contributed by atoms with Gasteiger partial charge in [-0.25, -0.2) is 8.42 Å². The van der Waals surface area contributed by atoms with Crippen molar-refractivity contribution >= 4 is 43.5 Å². The van der Waals surface area contributed by atoms with Crippen LogP contribution in [0.2, 0.25) is 0 Å². The van der Waals surface area contributed by atoms with E-state index in [0.717, 1.165) is 4.47 Å². The lowest BCUT2D eigenvalue weighted by molar-refractivity contribution is -0.116. The quantitative estimate of drug-likeness (QED) is 0.612. The second-order valence-electron chi connectivity index (χ2n) is 6.61. The van der Waals surface area contributed by atoms with Crippen molar-refractivity contribution in [2.24, 2.45) is 0 Å². The van der Waals surface area contributed by atoms with Gasteiger partial charge in [0.05, 0.1) is 18.1 Å². The molecule has 0 bridgehead atoms. The SMILES string of the molecule is O=C(CCNC(=O)c1cccc(S(=O)(=O)N2CCOCC2)c1)Nc1ccc(Br)cc1. The number of hydrogen-bond acceptors (Lipinski definition) is 5. The minimum absolute atomic E-state index is 0.0602. The number of benzene rings is 2. The first-order valence-corrected chi connectivity index (χ1v) is 11.6. The van der Waals surface area contributed by atoms with Gasteiger partial charge in [0.2, 0.25) is 15.9 Å². The van der Waals surface area contributed by atoms with Crippen molar-refractivity contribution in [1.29, 1.82) is 0 Å². The van der Waals surface area contributed by atoms with Crippen LogP contribution in [0.4, 0.5) is 5.69 Å². The van der Waals surface area contributed by atoms with Crippen LogP contribution in [0.1, 0.15) is 16.8 Å². The Morgan fingerprint density at radius 3 is 2.47 bits per heavy atom. The van der Waals surface area contributed by atoms with Crippen LogP contribution >= 0.6 is 15.9 Å². The molecule has 2 N–H and O–H groups in total. The molecule has 0 saturated carbocycles. The highest BCUT2D eigenvalue weighted by Gasteiger charge is 2.26. The Morgan fingerprint density at radius 2 is 1.77 bits per heavy atom. The number of anilines is 1. The van der Waals surface area contributed by atoms with Crippen molar-refractivity contribution in [2.45, 2.75) is 11.3 Å². The molecule has 10 heteroatoms. The number of rotatable bonds is 7. The van der Waals surface area contributed by atoms with E-state index >= 15 is 0 Å². The Morgan fingerprint density at radius 1 is 1.07 bits per heavy atom. The van der Waals surface area contributed by atoms with Gasteiger partial charge in [-0.2, -0.15) is 4.31 Å². The van der Waals surface area contributed by atoms with Crippen molar-refractivity contribution in [3.63, 3.8) is 0 Å². The molecule has 1 heterocycles. The van der Waals surface area contributed by atoms with E-state index in [1.165, 1.54) is 28.6 Å². The molecule has 30 heavy (non-hydrogen) atoms. The normalized spacial score (nSPS) is 14.8. The van der Waals surface area contributed by atoms with E-state index in [4.69, 9.17) is 4.74 Å². The van der Waals surface area contributed by atoms with E-state index in [2.05, 4.69) is 26.6 Å². The van der Waals surface area contributed by atoms with E-state index in [-0.39, 0.29) is 42.4 Å². The fourth-order valence-corrected chi connectivity index (χ4v) is 4.60. The van der Waals surface area contributed by atoms with E-state index < -0.39 is 15.9 Å². The summed E-state index contributed by atoms with van der Waals surface area (Å²) in [6, 6.07) is 13.0. The van der Waals surface area contributed by atoms with Crippen molar-refractivity contribution in [2.75, 3.05) is 38.2 Å². The molecule has 1 aliphatic heterocycles. The molecule has 0 aromatic heterocycles. The zero-order valence-electron chi connectivity index (χ0n) is 16.1. The molecule has 0 unspecified atom stereocenters. The Balaban J connectivity index is 1.55. The van der Waals surface area contributed by atoms with Gasteiger partial charge >= 0.3 is 0 Å². The average molecular weight is 496 g/mol. The maximum Gasteiger partial charge on any atom is 0.251 e. The highest BCUT2D eigenvalue weighted by molar-refractivity contribution is 9.10. The highest BCUT2D eigenvalue weighted by atomic mass is 79.9. The van der Waals surface area contributed by atoms with Crippen LogP contribution in [0.15, 0.2) is 57.9 Å². The molecule has 0 spiro atoms. The van der Waals surface area contributed by atoms with Crippen molar-refractivity contribution < 1.29 is 22.7 Å². The number of amides is 2. The summed E-state index contributed by atoms with van der Waals surface area (Å²) < 4.78 is 32.9. The summed E-state index contributed by atoms with van der Waals surface area (Å²) in [5.41, 5.74) is 0.883. The first kappa shape index (κ1) is 22.4. The van der Waals surface area contributed by atoms with Crippen molar-refractivity contribution in [3.8, 4) is 0 Å². The molecular weight excluding hydrogens is 474 g/mol. The fourth-order valence-electron chi connectivity index (χ4n) is 2.88. The van der Waals surface area contributed by atoms with Crippen LogP contribution in [0, 0.1) is 0 Å². The van der Waals surface area contributed by atoms with Gasteiger partial charge < -0.3 is 15.4 Å². The van der Waals surface area contributed by atoms with Crippen molar-refractivity contribution in [1.82, 2.24) is 9.62 Å². The standard InChI is InChI=1S/C20H22BrN3O5S/c21-16-4-6-17(7-5-16)23-19(25)8-9-22-20(26)15-2-1-3-18(14-15)30(27,28)24-10-12-29-13-11-24/h1-7,14H,8-13H2,(H,22,26)(H,23,25). The van der Waals surface area contributed by atoms with Crippen LogP contribution in [0.25, 0.3) is 0 Å². The van der Waals surface area contributed by atoms with Crippen LogP contribution in [-0.4, -0.2) is 57.4 Å². The average Bonchev–Trinajstić information content (AvgIpc) is 2.76. The van der Waals surface area contributed by atoms with Crippen LogP contribution in [0.3, 0.4) is 0 Å². The van der Waals surface area contributed by atoms with Crippen molar-refractivity contribution in [3.05, 3.63) is 58.6 Å². The lowest BCUT2D eigenvalue weighted by Gasteiger charge is -2.26. The number of sulfonamides is 1. The molecule has 1 fully saturated rings. The van der Waals surface area contributed by atoms with Gasteiger partial charge in [0, 0.05) is 41.8 Å². The molecule has 2 amide bonds. The maximum atomic E-state index is 12.7. The number of morpholine rings is 1. The molecule has 3 rings (SSSR count). The minimum Gasteiger partial charge on any atom is -0.379 e. The molecule has 0 aliphatic carbocycles. The van der Waals surface area contributed by atoms with Crippen LogP contribution in [-0.2, 0) is 19.6 Å². The Kier molecular flexibility index (Phi) is 7.59. The van der Waals surface area contributed by atoms with Gasteiger partial charge in [0.15, 0.2) is 0 Å². The number of ether oxygens (including phenoxy) is 1. The Labute approximate surface area is 183 Å². The molecule has 160 valence electrons. The van der Waals surface area contributed by atoms with Gasteiger partial charge in [0.1, 0.15) is 0 Å². The smallest absolute Gasteiger partial charge is 0.251 e. The van der Waals surface area contributed by atoms with Crippen LogP contribution in [0.5, 0.6) is 0 Å². The van der Waals surface area contributed by atoms with Gasteiger partial charge in [-0.3, -0.25) is 9.59 Å². The predicted octanol–water partition coefficient (Wildman–Crippen LogP) is 2.23. The summed E-state index contributed by atoms with van der Waals surface area (Å²) in [4.78, 5) is 24.5. The number of nitrogens with one attached hydrogen (secondary N) is 2. The summed E-state index contributed by atoms with van der Waals surface area (Å²) >= 11 is 3.33. The number of halogens is 1. The number of carbonyl (C=O) groups is 2. The van der Waals surface area contributed by atoms with Gasteiger partial charge in [0.25, 0.3) is 5.91 Å². The lowest BCUT2D eigenvalue weighted by atomic mass is 10.2. The highest BCUT2D eigenvalue weighted by Crippen LogP contribution is 2.18. The predicted molar refractivity (Wildman–Crippen MR) is 116 cm³/mol. The topological polar surface area (TPSA) is 105 Å².